The number of nitrogens with one attached hydrogen (secondary N) is 1. The Balaban J connectivity index is 0.000000514. The standard InChI is InChI=1S/C11H11NO3.C2H6/c1-14-10-8-4-12-3-6(8)2-7-9(10)5-15-11(7)13;1-2/h2,12H,3-5H2,1H3;1-2H3. The maximum absolute atomic E-state index is 11.4. The van der Waals surface area contributed by atoms with E-state index in [1.54, 1.807) is 7.11 Å². The number of esters is 1. The van der Waals surface area contributed by atoms with E-state index in [2.05, 4.69) is 5.32 Å². The number of carbonyl (C=O) groups excluding carboxylic acids is 1. The predicted molar refractivity (Wildman–Crippen MR) is 64.0 cm³/mol. The molecule has 92 valence electrons. The van der Waals surface area contributed by atoms with Crippen LogP contribution in [0, 0.1) is 0 Å². The summed E-state index contributed by atoms with van der Waals surface area (Å²) in [5, 5.41) is 3.25. The molecule has 0 radical (unpaired) electrons. The van der Waals surface area contributed by atoms with Crippen molar-refractivity contribution < 1.29 is 14.3 Å². The van der Waals surface area contributed by atoms with Crippen molar-refractivity contribution in [1.82, 2.24) is 5.32 Å². The first-order valence-corrected chi connectivity index (χ1v) is 5.90. The Morgan fingerprint density at radius 3 is 2.76 bits per heavy atom. The van der Waals surface area contributed by atoms with Crippen LogP contribution in [-0.4, -0.2) is 13.1 Å². The molecule has 1 N–H and O–H groups in total. The van der Waals surface area contributed by atoms with Crippen LogP contribution in [0.15, 0.2) is 6.07 Å². The lowest BCUT2D eigenvalue weighted by Crippen LogP contribution is -2.01. The summed E-state index contributed by atoms with van der Waals surface area (Å²) in [6, 6.07) is 1.92. The summed E-state index contributed by atoms with van der Waals surface area (Å²) in [5.74, 6) is 0.580. The summed E-state index contributed by atoms with van der Waals surface area (Å²) >= 11 is 0. The van der Waals surface area contributed by atoms with Crippen LogP contribution < -0.4 is 10.1 Å². The highest BCUT2D eigenvalue weighted by atomic mass is 16.5. The molecule has 0 aromatic heterocycles. The third kappa shape index (κ3) is 1.78. The molecule has 1 aromatic rings. The second kappa shape index (κ2) is 4.75. The zero-order valence-corrected chi connectivity index (χ0v) is 10.4. The van der Waals surface area contributed by atoms with Gasteiger partial charge < -0.3 is 14.8 Å². The van der Waals surface area contributed by atoms with E-state index in [1.165, 1.54) is 0 Å². The van der Waals surface area contributed by atoms with Crippen molar-refractivity contribution in [3.63, 3.8) is 0 Å². The minimum atomic E-state index is -0.238. The Kier molecular flexibility index (Phi) is 3.33. The molecular weight excluding hydrogens is 218 g/mol. The van der Waals surface area contributed by atoms with E-state index >= 15 is 0 Å². The molecule has 0 spiro atoms. The minimum absolute atomic E-state index is 0.238. The largest absolute Gasteiger partial charge is 0.496 e. The predicted octanol–water partition coefficient (Wildman–Crippen LogP) is 2.00. The number of fused-ring (bicyclic) bond motifs is 2. The van der Waals surface area contributed by atoms with Crippen LogP contribution in [0.2, 0.25) is 0 Å². The molecule has 1 aromatic carbocycles. The molecule has 2 aliphatic rings. The lowest BCUT2D eigenvalue weighted by atomic mass is 10.00. The van der Waals surface area contributed by atoms with Gasteiger partial charge in [-0.15, -0.1) is 0 Å². The number of hydrogen-bond donors (Lipinski definition) is 1. The summed E-state index contributed by atoms with van der Waals surface area (Å²) in [5.41, 5.74) is 3.86. The van der Waals surface area contributed by atoms with Crippen LogP contribution in [0.3, 0.4) is 0 Å². The van der Waals surface area contributed by atoms with Crippen LogP contribution in [0.4, 0.5) is 0 Å². The summed E-state index contributed by atoms with van der Waals surface area (Å²) in [6.07, 6.45) is 0. The molecule has 0 aliphatic carbocycles. The van der Waals surface area contributed by atoms with Gasteiger partial charge in [-0.2, -0.15) is 0 Å². The van der Waals surface area contributed by atoms with Crippen molar-refractivity contribution in [2.24, 2.45) is 0 Å². The molecule has 0 atom stereocenters. The average molecular weight is 235 g/mol. The van der Waals surface area contributed by atoms with Crippen molar-refractivity contribution >= 4 is 5.97 Å². The Morgan fingerprint density at radius 2 is 2.06 bits per heavy atom. The van der Waals surface area contributed by atoms with Gasteiger partial charge in [-0.1, -0.05) is 13.8 Å². The molecule has 0 fully saturated rings. The van der Waals surface area contributed by atoms with Crippen LogP contribution in [0.5, 0.6) is 5.75 Å². The number of rotatable bonds is 1. The highest BCUT2D eigenvalue weighted by molar-refractivity contribution is 5.95. The fourth-order valence-corrected chi connectivity index (χ4v) is 2.26. The van der Waals surface area contributed by atoms with E-state index in [1.807, 2.05) is 19.9 Å². The highest BCUT2D eigenvalue weighted by Gasteiger charge is 2.30. The first kappa shape index (κ1) is 11.9. The van der Waals surface area contributed by atoms with Gasteiger partial charge in [0.1, 0.15) is 12.4 Å². The first-order valence-electron chi connectivity index (χ1n) is 5.90. The second-order valence-electron chi connectivity index (χ2n) is 3.75. The summed E-state index contributed by atoms with van der Waals surface area (Å²) < 4.78 is 10.4. The van der Waals surface area contributed by atoms with E-state index in [4.69, 9.17) is 9.47 Å². The van der Waals surface area contributed by atoms with Crippen LogP contribution >= 0.6 is 0 Å². The molecule has 0 bridgehead atoms. The van der Waals surface area contributed by atoms with Gasteiger partial charge in [0.2, 0.25) is 0 Å². The molecule has 0 saturated carbocycles. The average Bonchev–Trinajstić information content (AvgIpc) is 2.97. The fourth-order valence-electron chi connectivity index (χ4n) is 2.26. The smallest absolute Gasteiger partial charge is 0.339 e. The first-order chi connectivity index (χ1) is 8.31. The zero-order chi connectivity index (χ0) is 12.4. The molecule has 17 heavy (non-hydrogen) atoms. The van der Waals surface area contributed by atoms with E-state index in [0.717, 1.165) is 35.5 Å². The van der Waals surface area contributed by atoms with Gasteiger partial charge in [0.25, 0.3) is 0 Å². The van der Waals surface area contributed by atoms with E-state index in [0.29, 0.717) is 12.2 Å². The van der Waals surface area contributed by atoms with E-state index < -0.39 is 0 Å². The fraction of sp³-hybridized carbons (Fsp3) is 0.462. The SMILES string of the molecule is CC.COc1c2c(cc3c1COC3=O)CNC2. The number of cyclic esters (lactones) is 1. The van der Waals surface area contributed by atoms with Crippen LogP contribution in [0.1, 0.15) is 40.9 Å². The zero-order valence-electron chi connectivity index (χ0n) is 10.4. The second-order valence-corrected chi connectivity index (χ2v) is 3.75. The maximum Gasteiger partial charge on any atom is 0.339 e. The van der Waals surface area contributed by atoms with Crippen molar-refractivity contribution in [1.29, 1.82) is 0 Å². The summed E-state index contributed by atoms with van der Waals surface area (Å²) in [6.45, 7) is 5.94. The number of hydrogen-bond acceptors (Lipinski definition) is 4. The van der Waals surface area contributed by atoms with Gasteiger partial charge in [-0.25, -0.2) is 4.79 Å². The topological polar surface area (TPSA) is 47.6 Å². The Hall–Kier alpha value is -1.55. The number of ether oxygens (including phenoxy) is 2. The lowest BCUT2D eigenvalue weighted by molar-refractivity contribution is 0.0534. The number of benzene rings is 1. The molecule has 0 amide bonds. The van der Waals surface area contributed by atoms with Gasteiger partial charge in [-0.3, -0.25) is 0 Å². The maximum atomic E-state index is 11.4. The normalized spacial score (nSPS) is 15.6. The molecule has 0 saturated heterocycles. The molecule has 4 heteroatoms. The van der Waals surface area contributed by atoms with Crippen LogP contribution in [0.25, 0.3) is 0 Å². The van der Waals surface area contributed by atoms with E-state index in [9.17, 15) is 4.79 Å². The van der Waals surface area contributed by atoms with Crippen molar-refractivity contribution in [3.05, 3.63) is 28.3 Å². The molecule has 0 unspecified atom stereocenters. The molecule has 3 rings (SSSR count). The Bertz CT molecular complexity index is 454. The molecule has 4 nitrogen and oxygen atoms in total. The number of carbonyl (C=O) groups is 1. The summed E-state index contributed by atoms with van der Waals surface area (Å²) in [4.78, 5) is 11.4. The van der Waals surface area contributed by atoms with Gasteiger partial charge in [0.05, 0.1) is 12.7 Å². The Morgan fingerprint density at radius 1 is 1.29 bits per heavy atom. The van der Waals surface area contributed by atoms with E-state index in [-0.39, 0.29) is 5.97 Å². The van der Waals surface area contributed by atoms with Crippen LogP contribution in [-0.2, 0) is 24.4 Å². The van der Waals surface area contributed by atoms with Gasteiger partial charge in [0.15, 0.2) is 0 Å². The van der Waals surface area contributed by atoms with Crippen molar-refractivity contribution in [2.45, 2.75) is 33.5 Å². The number of methoxy groups -OCH3 is 1. The molecule has 2 heterocycles. The minimum Gasteiger partial charge on any atom is -0.496 e. The van der Waals surface area contributed by atoms with Gasteiger partial charge in [0, 0.05) is 24.2 Å². The molecule has 2 aliphatic heterocycles. The third-order valence-corrected chi connectivity index (χ3v) is 2.97. The van der Waals surface area contributed by atoms with Crippen molar-refractivity contribution in [2.75, 3.05) is 7.11 Å². The highest BCUT2D eigenvalue weighted by Crippen LogP contribution is 2.36. The monoisotopic (exact) mass is 235 g/mol. The lowest BCUT2D eigenvalue weighted by Gasteiger charge is -2.10. The quantitative estimate of drug-likeness (QED) is 0.756. The summed E-state index contributed by atoms with van der Waals surface area (Å²) in [7, 11) is 1.64. The Labute approximate surface area is 101 Å². The van der Waals surface area contributed by atoms with Gasteiger partial charge >= 0.3 is 5.97 Å². The molecular formula is C13H17NO3. The van der Waals surface area contributed by atoms with Crippen molar-refractivity contribution in [3.8, 4) is 5.75 Å². The van der Waals surface area contributed by atoms with Gasteiger partial charge in [-0.05, 0) is 11.6 Å². The third-order valence-electron chi connectivity index (χ3n) is 2.97.